The summed E-state index contributed by atoms with van der Waals surface area (Å²) in [5.74, 6) is 0.572. The van der Waals surface area contributed by atoms with Crippen LogP contribution in [-0.4, -0.2) is 50.3 Å². The number of ether oxygens (including phenoxy) is 1. The molecule has 2 amide bonds. The number of nitrogens with one attached hydrogen (secondary N) is 1. The van der Waals surface area contributed by atoms with Gasteiger partial charge in [-0.3, -0.25) is 4.90 Å². The summed E-state index contributed by atoms with van der Waals surface area (Å²) in [6, 6.07) is 13.3. The molecule has 0 atom stereocenters. The number of hydrogen-bond acceptors (Lipinski definition) is 4. The van der Waals surface area contributed by atoms with Crippen LogP contribution in [-0.2, 0) is 0 Å². The minimum atomic E-state index is -0.580. The average Bonchev–Trinajstić information content (AvgIpc) is 2.74. The van der Waals surface area contributed by atoms with E-state index in [1.165, 1.54) is 12.1 Å². The minimum absolute atomic E-state index is 0.198. The van der Waals surface area contributed by atoms with Crippen molar-refractivity contribution < 1.29 is 13.9 Å². The summed E-state index contributed by atoms with van der Waals surface area (Å²) >= 11 is 0. The van der Waals surface area contributed by atoms with Gasteiger partial charge in [-0.1, -0.05) is 0 Å². The Morgan fingerprint density at radius 3 is 2.24 bits per heavy atom. The van der Waals surface area contributed by atoms with Gasteiger partial charge in [-0.15, -0.1) is 12.8 Å². The van der Waals surface area contributed by atoms with E-state index in [4.69, 9.17) is 10.5 Å². The molecule has 0 spiro atoms. The van der Waals surface area contributed by atoms with Gasteiger partial charge >= 0.3 is 6.03 Å². The summed E-state index contributed by atoms with van der Waals surface area (Å²) in [6.07, 6.45) is 8.94. The highest BCUT2D eigenvalue weighted by Crippen LogP contribution is 2.18. The quantitative estimate of drug-likeness (QED) is 0.555. The van der Waals surface area contributed by atoms with Crippen molar-refractivity contribution >= 4 is 17.4 Å². The maximum Gasteiger partial charge on any atom is 0.316 e. The van der Waals surface area contributed by atoms with Gasteiger partial charge < -0.3 is 20.7 Å². The maximum atomic E-state index is 13.0. The fraction of sp³-hybridized carbons (Fsp3) is 0.318. The summed E-state index contributed by atoms with van der Waals surface area (Å²) in [5.41, 5.74) is 6.80. The van der Waals surface area contributed by atoms with E-state index in [-0.39, 0.29) is 5.82 Å². The van der Waals surface area contributed by atoms with E-state index < -0.39 is 6.03 Å². The molecule has 0 aliphatic carbocycles. The first kappa shape index (κ1) is 22.1. The number of terminal acetylenes is 1. The number of halogens is 1. The predicted molar refractivity (Wildman–Crippen MR) is 115 cm³/mol. The van der Waals surface area contributed by atoms with Gasteiger partial charge in [-0.05, 0) is 55.0 Å². The molecule has 1 aliphatic heterocycles. The summed E-state index contributed by atoms with van der Waals surface area (Å²) in [6.45, 7) is 5.50. The van der Waals surface area contributed by atoms with Gasteiger partial charge in [-0.25, -0.2) is 9.18 Å². The first-order chi connectivity index (χ1) is 14.1. The number of benzene rings is 2. The van der Waals surface area contributed by atoms with Crippen LogP contribution >= 0.6 is 0 Å². The van der Waals surface area contributed by atoms with Gasteiger partial charge in [0.1, 0.15) is 11.6 Å². The zero-order valence-electron chi connectivity index (χ0n) is 16.4. The Morgan fingerprint density at radius 1 is 1.03 bits per heavy atom. The lowest BCUT2D eigenvalue weighted by atomic mass is 10.2. The van der Waals surface area contributed by atoms with Gasteiger partial charge in [0.15, 0.2) is 0 Å². The summed E-state index contributed by atoms with van der Waals surface area (Å²) in [7, 11) is 0. The molecular formula is C22H27FN4O2. The van der Waals surface area contributed by atoms with E-state index in [1.807, 2.05) is 24.3 Å². The third kappa shape index (κ3) is 7.35. The van der Waals surface area contributed by atoms with E-state index in [0.717, 1.165) is 50.6 Å². The number of piperazine rings is 1. The molecule has 1 aliphatic rings. The van der Waals surface area contributed by atoms with Crippen LogP contribution in [0, 0.1) is 18.7 Å². The summed E-state index contributed by atoms with van der Waals surface area (Å²) < 4.78 is 18.8. The number of anilines is 2. The molecule has 154 valence electrons. The number of hydrogen-bond donors (Lipinski definition) is 2. The third-order valence-corrected chi connectivity index (χ3v) is 4.57. The first-order valence-corrected chi connectivity index (χ1v) is 9.46. The topological polar surface area (TPSA) is 70.8 Å². The Labute approximate surface area is 171 Å². The molecule has 29 heavy (non-hydrogen) atoms. The number of carbonyl (C=O) groups is 1. The van der Waals surface area contributed by atoms with Crippen molar-refractivity contribution in [2.24, 2.45) is 5.73 Å². The average molecular weight is 398 g/mol. The molecule has 0 bridgehead atoms. The van der Waals surface area contributed by atoms with Crippen molar-refractivity contribution in [3.63, 3.8) is 0 Å². The molecule has 1 heterocycles. The SMILES string of the molecule is C#C.NC(=O)Nc1ccc(OCCCN2CCN(c3ccc(F)cc3)CC2)cc1. The van der Waals surface area contributed by atoms with Crippen LogP contribution in [0.2, 0.25) is 0 Å². The van der Waals surface area contributed by atoms with E-state index in [0.29, 0.717) is 12.3 Å². The van der Waals surface area contributed by atoms with Gasteiger partial charge in [0.05, 0.1) is 6.61 Å². The van der Waals surface area contributed by atoms with Crippen molar-refractivity contribution in [3.8, 4) is 18.6 Å². The lowest BCUT2D eigenvalue weighted by Crippen LogP contribution is -2.46. The fourth-order valence-electron chi connectivity index (χ4n) is 3.14. The van der Waals surface area contributed by atoms with Crippen LogP contribution in [0.5, 0.6) is 5.75 Å². The Bertz CT molecular complexity index is 770. The molecule has 3 N–H and O–H groups in total. The van der Waals surface area contributed by atoms with E-state index in [1.54, 1.807) is 12.1 Å². The highest BCUT2D eigenvalue weighted by Gasteiger charge is 2.16. The molecule has 3 rings (SSSR count). The second-order valence-corrected chi connectivity index (χ2v) is 6.52. The predicted octanol–water partition coefficient (Wildman–Crippen LogP) is 3.16. The van der Waals surface area contributed by atoms with Crippen LogP contribution in [0.3, 0.4) is 0 Å². The molecule has 0 saturated carbocycles. The smallest absolute Gasteiger partial charge is 0.316 e. The second kappa shape index (κ2) is 11.6. The molecule has 2 aromatic carbocycles. The number of amides is 2. The molecule has 0 unspecified atom stereocenters. The molecule has 2 aromatic rings. The first-order valence-electron chi connectivity index (χ1n) is 9.46. The van der Waals surface area contributed by atoms with Crippen LogP contribution in [0.15, 0.2) is 48.5 Å². The van der Waals surface area contributed by atoms with Crippen LogP contribution in [0.1, 0.15) is 6.42 Å². The van der Waals surface area contributed by atoms with Gasteiger partial charge in [0, 0.05) is 44.1 Å². The highest BCUT2D eigenvalue weighted by atomic mass is 19.1. The van der Waals surface area contributed by atoms with Crippen LogP contribution in [0.4, 0.5) is 20.6 Å². The molecule has 1 saturated heterocycles. The summed E-state index contributed by atoms with van der Waals surface area (Å²) in [5, 5.41) is 2.51. The number of rotatable bonds is 7. The van der Waals surface area contributed by atoms with Crippen molar-refractivity contribution in [2.45, 2.75) is 6.42 Å². The van der Waals surface area contributed by atoms with Crippen LogP contribution < -0.4 is 20.7 Å². The largest absolute Gasteiger partial charge is 0.494 e. The third-order valence-electron chi connectivity index (χ3n) is 4.57. The molecule has 0 radical (unpaired) electrons. The number of nitrogens with two attached hydrogens (primary N) is 1. The summed E-state index contributed by atoms with van der Waals surface area (Å²) in [4.78, 5) is 15.5. The standard InChI is InChI=1S/C20H25FN4O2.C2H2/c21-16-2-6-18(7-3-16)25-13-11-24(12-14-25)10-1-15-27-19-8-4-17(5-9-19)23-20(22)26;1-2/h2-9H,1,10-15H2,(H3,22,23,26);1-2H. The highest BCUT2D eigenvalue weighted by molar-refractivity contribution is 5.87. The number of urea groups is 1. The second-order valence-electron chi connectivity index (χ2n) is 6.52. The van der Waals surface area contributed by atoms with Gasteiger partial charge in [-0.2, -0.15) is 0 Å². The lowest BCUT2D eigenvalue weighted by molar-refractivity contribution is 0.225. The minimum Gasteiger partial charge on any atom is -0.494 e. The molecule has 6 nitrogen and oxygen atoms in total. The number of nitrogens with zero attached hydrogens (tertiary/aromatic N) is 2. The molecule has 7 heteroatoms. The monoisotopic (exact) mass is 398 g/mol. The Morgan fingerprint density at radius 2 is 1.66 bits per heavy atom. The van der Waals surface area contributed by atoms with E-state index in [2.05, 4.69) is 28.0 Å². The molecule has 0 aromatic heterocycles. The zero-order valence-corrected chi connectivity index (χ0v) is 16.4. The van der Waals surface area contributed by atoms with E-state index in [9.17, 15) is 9.18 Å². The van der Waals surface area contributed by atoms with Crippen molar-refractivity contribution in [2.75, 3.05) is 49.5 Å². The normalized spacial score (nSPS) is 13.8. The van der Waals surface area contributed by atoms with E-state index >= 15 is 0 Å². The Kier molecular flexibility index (Phi) is 8.80. The van der Waals surface area contributed by atoms with Gasteiger partial charge in [0.2, 0.25) is 0 Å². The van der Waals surface area contributed by atoms with Gasteiger partial charge in [0.25, 0.3) is 0 Å². The van der Waals surface area contributed by atoms with Crippen molar-refractivity contribution in [1.29, 1.82) is 0 Å². The van der Waals surface area contributed by atoms with Crippen molar-refractivity contribution in [1.82, 2.24) is 4.90 Å². The Hall–Kier alpha value is -3.24. The van der Waals surface area contributed by atoms with Crippen molar-refractivity contribution in [3.05, 3.63) is 54.3 Å². The number of primary amides is 1. The lowest BCUT2D eigenvalue weighted by Gasteiger charge is -2.36. The maximum absolute atomic E-state index is 13.0. The Balaban J connectivity index is 0.00000145. The number of carbonyl (C=O) groups excluding carboxylic acids is 1. The van der Waals surface area contributed by atoms with Crippen LogP contribution in [0.25, 0.3) is 0 Å². The molecule has 1 fully saturated rings. The fourth-order valence-corrected chi connectivity index (χ4v) is 3.14. The molecular weight excluding hydrogens is 371 g/mol. The zero-order chi connectivity index (χ0) is 21.1.